The van der Waals surface area contributed by atoms with E-state index in [9.17, 15) is 9.18 Å². The van der Waals surface area contributed by atoms with Crippen LogP contribution in [0.25, 0.3) is 0 Å². The number of rotatable bonds is 8. The smallest absolute Gasteiger partial charge is 0.234 e. The zero-order valence-corrected chi connectivity index (χ0v) is 17.4. The zero-order valence-electron chi connectivity index (χ0n) is 16.6. The molecule has 0 spiro atoms. The predicted molar refractivity (Wildman–Crippen MR) is 112 cm³/mol. The van der Waals surface area contributed by atoms with E-state index in [2.05, 4.69) is 21.6 Å². The fourth-order valence-electron chi connectivity index (χ4n) is 2.83. The minimum absolute atomic E-state index is 0.102. The minimum Gasteiger partial charge on any atom is -0.485 e. The van der Waals surface area contributed by atoms with Gasteiger partial charge in [-0.1, -0.05) is 41.6 Å². The largest absolute Gasteiger partial charge is 0.485 e. The van der Waals surface area contributed by atoms with Crippen LogP contribution in [0, 0.1) is 19.7 Å². The van der Waals surface area contributed by atoms with Crippen LogP contribution in [0.5, 0.6) is 5.75 Å². The van der Waals surface area contributed by atoms with Gasteiger partial charge in [-0.3, -0.25) is 4.79 Å². The average molecular weight is 415 g/mol. The van der Waals surface area contributed by atoms with Gasteiger partial charge in [0.2, 0.25) is 5.91 Å². The van der Waals surface area contributed by atoms with Crippen LogP contribution in [0.1, 0.15) is 23.9 Å². The van der Waals surface area contributed by atoms with E-state index in [-0.39, 0.29) is 24.0 Å². The van der Waals surface area contributed by atoms with Gasteiger partial charge in [-0.15, -0.1) is 10.2 Å². The molecule has 3 aromatic rings. The third kappa shape index (κ3) is 5.35. The molecule has 6 nitrogen and oxygen atoms in total. The maximum absolute atomic E-state index is 13.6. The molecule has 1 heterocycles. The fraction of sp³-hybridized carbons (Fsp3) is 0.286. The van der Waals surface area contributed by atoms with Gasteiger partial charge < -0.3 is 14.6 Å². The summed E-state index contributed by atoms with van der Waals surface area (Å²) in [5, 5.41) is 11.6. The van der Waals surface area contributed by atoms with Crippen LogP contribution in [-0.2, 0) is 17.9 Å². The molecule has 0 bridgehead atoms. The number of carbonyl (C=O) groups excluding carboxylic acids is 1. The lowest BCUT2D eigenvalue weighted by Crippen LogP contribution is -2.15. The summed E-state index contributed by atoms with van der Waals surface area (Å²) in [6.07, 6.45) is 0. The molecule has 0 saturated carbocycles. The Hall–Kier alpha value is -2.87. The number of hydrogen-bond acceptors (Lipinski definition) is 5. The van der Waals surface area contributed by atoms with Crippen molar-refractivity contribution in [2.75, 3.05) is 11.1 Å². The number of aromatic nitrogens is 3. The first-order chi connectivity index (χ1) is 14.0. The van der Waals surface area contributed by atoms with Gasteiger partial charge in [-0.2, -0.15) is 0 Å². The Bertz CT molecular complexity index is 1010. The number of nitrogens with zero attached hydrogens (tertiary/aromatic N) is 3. The number of ether oxygens (including phenoxy) is 1. The average Bonchev–Trinajstić information content (AvgIpc) is 3.09. The maximum atomic E-state index is 13.6. The summed E-state index contributed by atoms with van der Waals surface area (Å²) in [5.41, 5.74) is 2.41. The SMILES string of the molecule is CCn1c(COc2ccc(C)cc2C)nnc1SCC(=O)Nc1ccccc1F. The molecule has 0 fully saturated rings. The number of anilines is 1. The molecule has 0 unspecified atom stereocenters. The third-order valence-electron chi connectivity index (χ3n) is 4.28. The van der Waals surface area contributed by atoms with E-state index in [1.807, 2.05) is 37.5 Å². The van der Waals surface area contributed by atoms with Crippen molar-refractivity contribution in [2.45, 2.75) is 39.1 Å². The predicted octanol–water partition coefficient (Wildman–Crippen LogP) is 4.36. The number of nitrogens with one attached hydrogen (secondary N) is 1. The van der Waals surface area contributed by atoms with Crippen LogP contribution < -0.4 is 10.1 Å². The molecule has 1 N–H and O–H groups in total. The standard InChI is InChI=1S/C21H23FN4O2S/c1-4-26-19(12-28-18-10-9-14(2)11-15(18)3)24-25-21(26)29-13-20(27)23-17-8-6-5-7-16(17)22/h5-11H,4,12-13H2,1-3H3,(H,23,27). The zero-order chi connectivity index (χ0) is 20.8. The molecule has 152 valence electrons. The fourth-order valence-corrected chi connectivity index (χ4v) is 3.65. The van der Waals surface area contributed by atoms with Crippen molar-refractivity contribution in [3.8, 4) is 5.75 Å². The Balaban J connectivity index is 1.60. The summed E-state index contributed by atoms with van der Waals surface area (Å²) in [7, 11) is 0. The van der Waals surface area contributed by atoms with E-state index in [0.29, 0.717) is 17.5 Å². The molecule has 8 heteroatoms. The second-order valence-electron chi connectivity index (χ2n) is 6.52. The number of amides is 1. The quantitative estimate of drug-likeness (QED) is 0.555. The van der Waals surface area contributed by atoms with E-state index in [0.717, 1.165) is 11.3 Å². The highest BCUT2D eigenvalue weighted by atomic mass is 32.2. The Morgan fingerprint density at radius 2 is 2.00 bits per heavy atom. The summed E-state index contributed by atoms with van der Waals surface area (Å²) >= 11 is 1.25. The van der Waals surface area contributed by atoms with Gasteiger partial charge >= 0.3 is 0 Å². The van der Waals surface area contributed by atoms with Gasteiger partial charge in [0, 0.05) is 6.54 Å². The number of halogens is 1. The monoisotopic (exact) mass is 414 g/mol. The first kappa shape index (κ1) is 20.9. The van der Waals surface area contributed by atoms with Crippen molar-refractivity contribution >= 4 is 23.4 Å². The van der Waals surface area contributed by atoms with E-state index in [4.69, 9.17) is 4.74 Å². The number of hydrogen-bond donors (Lipinski definition) is 1. The molecule has 0 aliphatic carbocycles. The van der Waals surface area contributed by atoms with Crippen LogP contribution in [0.2, 0.25) is 0 Å². The van der Waals surface area contributed by atoms with Crippen molar-refractivity contribution in [1.29, 1.82) is 0 Å². The van der Waals surface area contributed by atoms with Crippen LogP contribution in [-0.4, -0.2) is 26.4 Å². The highest BCUT2D eigenvalue weighted by Gasteiger charge is 2.15. The van der Waals surface area contributed by atoms with Crippen LogP contribution in [0.15, 0.2) is 47.6 Å². The topological polar surface area (TPSA) is 69.0 Å². The first-order valence-electron chi connectivity index (χ1n) is 9.27. The molecule has 0 atom stereocenters. The van der Waals surface area contributed by atoms with Gasteiger partial charge in [0.1, 0.15) is 18.2 Å². The molecular weight excluding hydrogens is 391 g/mol. The number of aryl methyl sites for hydroxylation is 2. The van der Waals surface area contributed by atoms with E-state index >= 15 is 0 Å². The van der Waals surface area contributed by atoms with Crippen LogP contribution in [0.3, 0.4) is 0 Å². The molecule has 0 radical (unpaired) electrons. The van der Waals surface area contributed by atoms with Gasteiger partial charge in [-0.25, -0.2) is 4.39 Å². The lowest BCUT2D eigenvalue weighted by atomic mass is 10.1. The van der Waals surface area contributed by atoms with Crippen molar-refractivity contribution in [1.82, 2.24) is 14.8 Å². The minimum atomic E-state index is -0.464. The normalized spacial score (nSPS) is 10.8. The first-order valence-corrected chi connectivity index (χ1v) is 10.3. The third-order valence-corrected chi connectivity index (χ3v) is 5.24. The van der Waals surface area contributed by atoms with Crippen LogP contribution in [0.4, 0.5) is 10.1 Å². The lowest BCUT2D eigenvalue weighted by molar-refractivity contribution is -0.113. The van der Waals surface area contributed by atoms with Crippen molar-refractivity contribution in [3.63, 3.8) is 0 Å². The Morgan fingerprint density at radius 3 is 2.72 bits per heavy atom. The number of thioether (sulfide) groups is 1. The second kappa shape index (κ2) is 9.56. The molecule has 0 aliphatic heterocycles. The Kier molecular flexibility index (Phi) is 6.87. The molecule has 2 aromatic carbocycles. The van der Waals surface area contributed by atoms with E-state index in [1.54, 1.807) is 12.1 Å². The van der Waals surface area contributed by atoms with Crippen molar-refractivity contribution in [2.24, 2.45) is 0 Å². The van der Waals surface area contributed by atoms with Gasteiger partial charge in [-0.05, 0) is 44.5 Å². The van der Waals surface area contributed by atoms with Gasteiger partial charge in [0.15, 0.2) is 11.0 Å². The Morgan fingerprint density at radius 1 is 1.21 bits per heavy atom. The molecule has 29 heavy (non-hydrogen) atoms. The van der Waals surface area contributed by atoms with Gasteiger partial charge in [0.25, 0.3) is 0 Å². The number of para-hydroxylation sites is 1. The molecule has 1 aromatic heterocycles. The van der Waals surface area contributed by atoms with Crippen molar-refractivity contribution < 1.29 is 13.9 Å². The summed E-state index contributed by atoms with van der Waals surface area (Å²) in [6, 6.07) is 12.1. The summed E-state index contributed by atoms with van der Waals surface area (Å²) in [5.74, 6) is 0.821. The van der Waals surface area contributed by atoms with Crippen molar-refractivity contribution in [3.05, 3.63) is 65.2 Å². The van der Waals surface area contributed by atoms with Crippen LogP contribution >= 0.6 is 11.8 Å². The molecule has 0 saturated heterocycles. The molecule has 1 amide bonds. The number of benzene rings is 2. The van der Waals surface area contributed by atoms with E-state index < -0.39 is 5.82 Å². The molecule has 0 aliphatic rings. The summed E-state index contributed by atoms with van der Waals surface area (Å²) in [4.78, 5) is 12.1. The summed E-state index contributed by atoms with van der Waals surface area (Å²) < 4.78 is 21.5. The summed E-state index contributed by atoms with van der Waals surface area (Å²) in [6.45, 7) is 6.95. The molecular formula is C21H23FN4O2S. The highest BCUT2D eigenvalue weighted by molar-refractivity contribution is 7.99. The lowest BCUT2D eigenvalue weighted by Gasteiger charge is -2.11. The number of carbonyl (C=O) groups is 1. The Labute approximate surface area is 173 Å². The highest BCUT2D eigenvalue weighted by Crippen LogP contribution is 2.22. The van der Waals surface area contributed by atoms with E-state index in [1.165, 1.54) is 29.5 Å². The van der Waals surface area contributed by atoms with Gasteiger partial charge in [0.05, 0.1) is 11.4 Å². The maximum Gasteiger partial charge on any atom is 0.234 e. The second-order valence-corrected chi connectivity index (χ2v) is 7.46. The molecule has 3 rings (SSSR count).